The molecule has 0 bridgehead atoms. The Balaban J connectivity index is 1.76. The third kappa shape index (κ3) is 3.09. The van der Waals surface area contributed by atoms with E-state index in [4.69, 9.17) is 0 Å². The number of rotatable bonds is 4. The number of carbonyl (C=O) groups is 2. The van der Waals surface area contributed by atoms with E-state index >= 15 is 0 Å². The van der Waals surface area contributed by atoms with Gasteiger partial charge in [-0.1, -0.05) is 6.07 Å². The van der Waals surface area contributed by atoms with Crippen molar-refractivity contribution in [1.82, 2.24) is 14.9 Å². The largest absolute Gasteiger partial charge is 0.329 e. The van der Waals surface area contributed by atoms with Crippen molar-refractivity contribution >= 4 is 17.5 Å². The van der Waals surface area contributed by atoms with Crippen LogP contribution in [0.2, 0.25) is 0 Å². The lowest BCUT2D eigenvalue weighted by Gasteiger charge is -2.25. The van der Waals surface area contributed by atoms with E-state index in [2.05, 4.69) is 10.1 Å². The molecule has 0 unspecified atom stereocenters. The fourth-order valence-corrected chi connectivity index (χ4v) is 2.41. The number of amides is 2. The molecule has 0 saturated heterocycles. The Morgan fingerprint density at radius 3 is 2.81 bits per heavy atom. The van der Waals surface area contributed by atoms with Crippen LogP contribution >= 0.6 is 0 Å². The molecule has 3 rings (SSSR count). The summed E-state index contributed by atoms with van der Waals surface area (Å²) in [4.78, 5) is 30.2. The van der Waals surface area contributed by atoms with Crippen molar-refractivity contribution in [2.75, 3.05) is 7.05 Å². The van der Waals surface area contributed by atoms with Gasteiger partial charge in [0.15, 0.2) is 0 Å². The number of hydrazone groups is 1. The summed E-state index contributed by atoms with van der Waals surface area (Å²) < 4.78 is 0. The Bertz CT molecular complexity index is 581. The Morgan fingerprint density at radius 2 is 2.19 bits per heavy atom. The van der Waals surface area contributed by atoms with Crippen LogP contribution in [0.1, 0.15) is 31.4 Å². The lowest BCUT2D eigenvalue weighted by atomic mass is 10.1. The molecular weight excluding hydrogens is 268 g/mol. The molecule has 1 aromatic heterocycles. The number of hydrogen-bond donors (Lipinski definition) is 0. The molecule has 6 heteroatoms. The number of pyridine rings is 1. The van der Waals surface area contributed by atoms with Crippen molar-refractivity contribution in [1.29, 1.82) is 0 Å². The van der Waals surface area contributed by atoms with E-state index in [1.807, 2.05) is 23.1 Å². The minimum absolute atomic E-state index is 0.0470. The summed E-state index contributed by atoms with van der Waals surface area (Å²) in [5.74, 6) is -0.114. The Morgan fingerprint density at radius 1 is 1.38 bits per heavy atom. The lowest BCUT2D eigenvalue weighted by Crippen LogP contribution is -2.41. The average molecular weight is 286 g/mol. The van der Waals surface area contributed by atoms with Crippen LogP contribution in [0.5, 0.6) is 0 Å². The van der Waals surface area contributed by atoms with Gasteiger partial charge >= 0.3 is 0 Å². The van der Waals surface area contributed by atoms with Crippen LogP contribution in [0.15, 0.2) is 29.5 Å². The fourth-order valence-electron chi connectivity index (χ4n) is 2.41. The van der Waals surface area contributed by atoms with Crippen molar-refractivity contribution < 1.29 is 9.59 Å². The van der Waals surface area contributed by atoms with Gasteiger partial charge in [-0.05, 0) is 25.0 Å². The quantitative estimate of drug-likeness (QED) is 0.835. The zero-order chi connectivity index (χ0) is 14.8. The van der Waals surface area contributed by atoms with E-state index in [9.17, 15) is 9.59 Å². The summed E-state index contributed by atoms with van der Waals surface area (Å²) in [6, 6.07) is 5.98. The molecule has 2 heterocycles. The second-order valence-corrected chi connectivity index (χ2v) is 5.45. The highest BCUT2D eigenvalue weighted by Gasteiger charge is 2.36. The highest BCUT2D eigenvalue weighted by molar-refractivity contribution is 6.39. The van der Waals surface area contributed by atoms with Gasteiger partial charge in [-0.3, -0.25) is 14.6 Å². The van der Waals surface area contributed by atoms with Gasteiger partial charge in [-0.2, -0.15) is 5.10 Å². The van der Waals surface area contributed by atoms with Crippen molar-refractivity contribution in [2.45, 2.75) is 38.3 Å². The van der Waals surface area contributed by atoms with E-state index in [0.717, 1.165) is 18.5 Å². The van der Waals surface area contributed by atoms with Gasteiger partial charge in [0.05, 0.1) is 12.2 Å². The molecule has 0 radical (unpaired) electrons. The van der Waals surface area contributed by atoms with Crippen molar-refractivity contribution in [3.63, 3.8) is 0 Å². The maximum Gasteiger partial charge on any atom is 0.270 e. The fraction of sp³-hybridized carbons (Fsp3) is 0.467. The first-order valence-corrected chi connectivity index (χ1v) is 7.20. The van der Waals surface area contributed by atoms with Crippen molar-refractivity contribution in [2.24, 2.45) is 5.10 Å². The predicted molar refractivity (Wildman–Crippen MR) is 77.2 cm³/mol. The molecule has 0 spiro atoms. The first kappa shape index (κ1) is 13.7. The third-order valence-electron chi connectivity index (χ3n) is 3.76. The molecule has 2 aliphatic rings. The molecule has 110 valence electrons. The van der Waals surface area contributed by atoms with Gasteiger partial charge in [0.1, 0.15) is 5.71 Å². The lowest BCUT2D eigenvalue weighted by molar-refractivity contribution is -0.130. The number of carbonyl (C=O) groups excluding carboxylic acids is 2. The molecule has 0 N–H and O–H groups in total. The van der Waals surface area contributed by atoms with E-state index in [1.54, 1.807) is 13.2 Å². The monoisotopic (exact) mass is 286 g/mol. The smallest absolute Gasteiger partial charge is 0.270 e. The summed E-state index contributed by atoms with van der Waals surface area (Å²) >= 11 is 0. The second-order valence-electron chi connectivity index (χ2n) is 5.45. The van der Waals surface area contributed by atoms with Gasteiger partial charge in [-0.25, -0.2) is 5.01 Å². The number of nitrogens with zero attached hydrogens (tertiary/aromatic N) is 4. The van der Waals surface area contributed by atoms with Gasteiger partial charge in [0, 0.05) is 32.1 Å². The summed E-state index contributed by atoms with van der Waals surface area (Å²) in [5.41, 5.74) is 1.35. The predicted octanol–water partition coefficient (Wildman–Crippen LogP) is 1.18. The van der Waals surface area contributed by atoms with E-state index < -0.39 is 0 Å². The van der Waals surface area contributed by atoms with E-state index in [0.29, 0.717) is 25.1 Å². The summed E-state index contributed by atoms with van der Waals surface area (Å²) in [6.07, 6.45) is 4.56. The first-order valence-electron chi connectivity index (χ1n) is 7.20. The normalized spacial score (nSPS) is 18.4. The first-order chi connectivity index (χ1) is 10.1. The molecule has 1 aliphatic carbocycles. The van der Waals surface area contributed by atoms with Crippen molar-refractivity contribution in [3.05, 3.63) is 30.1 Å². The Labute approximate surface area is 123 Å². The van der Waals surface area contributed by atoms with Gasteiger partial charge in [-0.15, -0.1) is 0 Å². The van der Waals surface area contributed by atoms with Gasteiger partial charge < -0.3 is 4.90 Å². The third-order valence-corrected chi connectivity index (χ3v) is 3.76. The summed E-state index contributed by atoms with van der Waals surface area (Å²) in [7, 11) is 1.59. The van der Waals surface area contributed by atoms with Crippen LogP contribution in [0, 0.1) is 0 Å². The molecule has 1 fully saturated rings. The highest BCUT2D eigenvalue weighted by atomic mass is 16.2. The Hall–Kier alpha value is -2.24. The van der Waals surface area contributed by atoms with Crippen LogP contribution in [-0.4, -0.2) is 45.5 Å². The van der Waals surface area contributed by atoms with Crippen molar-refractivity contribution in [3.8, 4) is 0 Å². The molecule has 2 amide bonds. The van der Waals surface area contributed by atoms with Gasteiger partial charge in [0.25, 0.3) is 5.91 Å². The SMILES string of the molecule is CN1N=C(C(=O)N(Cc2ccccn2)C2CC2)CCC1=O. The number of hydrogen-bond acceptors (Lipinski definition) is 4. The molecule has 1 aromatic rings. The molecular formula is C15H18N4O2. The topological polar surface area (TPSA) is 65.9 Å². The molecule has 1 saturated carbocycles. The van der Waals surface area contributed by atoms with Crippen LogP contribution in [0.25, 0.3) is 0 Å². The Kier molecular flexibility index (Phi) is 3.68. The molecule has 1 aliphatic heterocycles. The molecule has 0 atom stereocenters. The van der Waals surface area contributed by atoms with Crippen LogP contribution in [-0.2, 0) is 16.1 Å². The van der Waals surface area contributed by atoms with E-state index in [1.165, 1.54) is 5.01 Å². The molecule has 21 heavy (non-hydrogen) atoms. The van der Waals surface area contributed by atoms with E-state index in [-0.39, 0.29) is 17.9 Å². The zero-order valence-electron chi connectivity index (χ0n) is 12.0. The maximum atomic E-state index is 12.7. The average Bonchev–Trinajstić information content (AvgIpc) is 3.33. The standard InChI is InChI=1S/C15H18N4O2/c1-18-14(20)8-7-13(17-18)15(21)19(12-5-6-12)10-11-4-2-3-9-16-11/h2-4,9,12H,5-8,10H2,1H3. The van der Waals surface area contributed by atoms with Crippen LogP contribution in [0.3, 0.4) is 0 Å². The molecule has 0 aromatic carbocycles. The zero-order valence-corrected chi connectivity index (χ0v) is 12.0. The summed E-state index contributed by atoms with van der Waals surface area (Å²) in [6.45, 7) is 0.501. The second kappa shape index (κ2) is 5.63. The minimum Gasteiger partial charge on any atom is -0.329 e. The summed E-state index contributed by atoms with van der Waals surface area (Å²) in [5, 5.41) is 5.39. The van der Waals surface area contributed by atoms with Crippen LogP contribution < -0.4 is 0 Å². The molecule has 6 nitrogen and oxygen atoms in total. The highest BCUT2D eigenvalue weighted by Crippen LogP contribution is 2.29. The number of aromatic nitrogens is 1. The van der Waals surface area contributed by atoms with Crippen LogP contribution in [0.4, 0.5) is 0 Å². The van der Waals surface area contributed by atoms with Gasteiger partial charge in [0.2, 0.25) is 5.91 Å². The maximum absolute atomic E-state index is 12.7. The minimum atomic E-state index is -0.0671.